The number of hydrogen-bond acceptors (Lipinski definition) is 2. The molecular formula is C10H16O2. The molecule has 0 aromatic heterocycles. The summed E-state index contributed by atoms with van der Waals surface area (Å²) >= 11 is 0. The molecule has 1 atom stereocenters. The Morgan fingerprint density at radius 1 is 1.25 bits per heavy atom. The van der Waals surface area contributed by atoms with Gasteiger partial charge in [-0.05, 0) is 18.8 Å². The van der Waals surface area contributed by atoms with Gasteiger partial charge in [0, 0.05) is 0 Å². The van der Waals surface area contributed by atoms with Crippen LogP contribution in [0.1, 0.15) is 32.1 Å². The second kappa shape index (κ2) is 5.18. The van der Waals surface area contributed by atoms with Crippen LogP contribution in [0.15, 0.2) is 0 Å². The number of aliphatic hydroxyl groups is 2. The Labute approximate surface area is 73.6 Å². The smallest absolute Gasteiger partial charge is 0.117 e. The molecule has 1 saturated carbocycles. The van der Waals surface area contributed by atoms with Crippen LogP contribution in [-0.2, 0) is 0 Å². The van der Waals surface area contributed by atoms with Gasteiger partial charge in [-0.2, -0.15) is 0 Å². The van der Waals surface area contributed by atoms with E-state index in [0.29, 0.717) is 5.92 Å². The van der Waals surface area contributed by atoms with E-state index < -0.39 is 6.10 Å². The fourth-order valence-corrected chi connectivity index (χ4v) is 1.72. The van der Waals surface area contributed by atoms with Crippen LogP contribution in [0, 0.1) is 17.8 Å². The summed E-state index contributed by atoms with van der Waals surface area (Å²) in [6, 6.07) is 0. The van der Waals surface area contributed by atoms with E-state index in [1.54, 1.807) is 0 Å². The molecule has 12 heavy (non-hydrogen) atoms. The van der Waals surface area contributed by atoms with Gasteiger partial charge >= 0.3 is 0 Å². The van der Waals surface area contributed by atoms with Crippen molar-refractivity contribution in [2.24, 2.45) is 5.92 Å². The lowest BCUT2D eigenvalue weighted by atomic mass is 9.85. The molecule has 1 aliphatic carbocycles. The highest BCUT2D eigenvalue weighted by Gasteiger charge is 2.19. The van der Waals surface area contributed by atoms with Gasteiger partial charge < -0.3 is 10.2 Å². The second-order valence-electron chi connectivity index (χ2n) is 3.32. The van der Waals surface area contributed by atoms with Crippen LogP contribution >= 0.6 is 0 Å². The molecule has 2 heteroatoms. The van der Waals surface area contributed by atoms with Crippen LogP contribution in [0.5, 0.6) is 0 Å². The molecule has 0 aromatic rings. The average Bonchev–Trinajstić information content (AvgIpc) is 2.15. The average molecular weight is 168 g/mol. The quantitative estimate of drug-likeness (QED) is 0.572. The zero-order chi connectivity index (χ0) is 8.81. The van der Waals surface area contributed by atoms with Gasteiger partial charge in [0.2, 0.25) is 0 Å². The Bertz CT molecular complexity index is 172. The van der Waals surface area contributed by atoms with Crippen molar-refractivity contribution in [2.75, 3.05) is 6.61 Å². The summed E-state index contributed by atoms with van der Waals surface area (Å²) in [7, 11) is 0. The standard InChI is InChI=1S/C10H16O2/c11-8-4-7-10(12)9-5-2-1-3-6-9/h9-12H,1-3,5-6,8H2. The maximum atomic E-state index is 9.52. The Hall–Kier alpha value is -0.520. The molecule has 0 heterocycles. The van der Waals surface area contributed by atoms with Crippen LogP contribution in [-0.4, -0.2) is 22.9 Å². The first-order valence-corrected chi connectivity index (χ1v) is 4.62. The van der Waals surface area contributed by atoms with Crippen molar-refractivity contribution in [3.05, 3.63) is 0 Å². The Kier molecular flexibility index (Phi) is 4.13. The topological polar surface area (TPSA) is 40.5 Å². The van der Waals surface area contributed by atoms with E-state index in [-0.39, 0.29) is 6.61 Å². The van der Waals surface area contributed by atoms with Crippen molar-refractivity contribution >= 4 is 0 Å². The molecule has 2 nitrogen and oxygen atoms in total. The SMILES string of the molecule is OCC#CC(O)C1CCCCC1. The lowest BCUT2D eigenvalue weighted by molar-refractivity contribution is 0.133. The number of rotatable bonds is 1. The summed E-state index contributed by atoms with van der Waals surface area (Å²) in [5.41, 5.74) is 0. The molecule has 0 aromatic carbocycles. The summed E-state index contributed by atoms with van der Waals surface area (Å²) < 4.78 is 0. The fourth-order valence-electron chi connectivity index (χ4n) is 1.72. The molecule has 0 radical (unpaired) electrons. The van der Waals surface area contributed by atoms with Crippen molar-refractivity contribution in [1.82, 2.24) is 0 Å². The fraction of sp³-hybridized carbons (Fsp3) is 0.800. The zero-order valence-corrected chi connectivity index (χ0v) is 7.29. The maximum Gasteiger partial charge on any atom is 0.117 e. The van der Waals surface area contributed by atoms with Gasteiger partial charge in [0.15, 0.2) is 0 Å². The van der Waals surface area contributed by atoms with Gasteiger partial charge in [0.05, 0.1) is 0 Å². The predicted octanol–water partition coefficient (Wildman–Crippen LogP) is 0.923. The lowest BCUT2D eigenvalue weighted by Crippen LogP contribution is -2.21. The predicted molar refractivity (Wildman–Crippen MR) is 47.4 cm³/mol. The third kappa shape index (κ3) is 2.84. The molecule has 0 aliphatic heterocycles. The molecule has 0 amide bonds. The van der Waals surface area contributed by atoms with Crippen LogP contribution < -0.4 is 0 Å². The Morgan fingerprint density at radius 2 is 1.92 bits per heavy atom. The molecular weight excluding hydrogens is 152 g/mol. The van der Waals surface area contributed by atoms with E-state index in [2.05, 4.69) is 11.8 Å². The van der Waals surface area contributed by atoms with Gasteiger partial charge in [0.25, 0.3) is 0 Å². The molecule has 0 saturated heterocycles. The maximum absolute atomic E-state index is 9.52. The molecule has 2 N–H and O–H groups in total. The molecule has 1 unspecified atom stereocenters. The molecule has 68 valence electrons. The third-order valence-corrected chi connectivity index (χ3v) is 2.43. The van der Waals surface area contributed by atoms with Crippen LogP contribution in [0.3, 0.4) is 0 Å². The lowest BCUT2D eigenvalue weighted by Gasteiger charge is -2.23. The Balaban J connectivity index is 2.34. The zero-order valence-electron chi connectivity index (χ0n) is 7.29. The van der Waals surface area contributed by atoms with Crippen molar-refractivity contribution in [3.8, 4) is 11.8 Å². The van der Waals surface area contributed by atoms with E-state index in [9.17, 15) is 5.11 Å². The first-order valence-electron chi connectivity index (χ1n) is 4.62. The molecule has 0 spiro atoms. The molecule has 1 fully saturated rings. The van der Waals surface area contributed by atoms with E-state index in [1.165, 1.54) is 19.3 Å². The minimum atomic E-state index is -0.516. The van der Waals surface area contributed by atoms with Crippen LogP contribution in [0.25, 0.3) is 0 Å². The van der Waals surface area contributed by atoms with Crippen LogP contribution in [0.2, 0.25) is 0 Å². The Morgan fingerprint density at radius 3 is 2.50 bits per heavy atom. The highest BCUT2D eigenvalue weighted by atomic mass is 16.3. The van der Waals surface area contributed by atoms with Gasteiger partial charge in [-0.15, -0.1) is 0 Å². The normalized spacial score (nSPS) is 21.2. The monoisotopic (exact) mass is 168 g/mol. The van der Waals surface area contributed by atoms with E-state index >= 15 is 0 Å². The van der Waals surface area contributed by atoms with Gasteiger partial charge in [0.1, 0.15) is 12.7 Å². The van der Waals surface area contributed by atoms with Crippen molar-refractivity contribution in [3.63, 3.8) is 0 Å². The minimum absolute atomic E-state index is 0.149. The summed E-state index contributed by atoms with van der Waals surface area (Å²) in [4.78, 5) is 0. The van der Waals surface area contributed by atoms with E-state index in [4.69, 9.17) is 5.11 Å². The highest BCUT2D eigenvalue weighted by molar-refractivity contribution is 5.06. The summed E-state index contributed by atoms with van der Waals surface area (Å²) in [6.07, 6.45) is 5.36. The number of hydrogen-bond donors (Lipinski definition) is 2. The minimum Gasteiger partial charge on any atom is -0.384 e. The van der Waals surface area contributed by atoms with Gasteiger partial charge in [-0.3, -0.25) is 0 Å². The van der Waals surface area contributed by atoms with Crippen molar-refractivity contribution in [2.45, 2.75) is 38.2 Å². The largest absolute Gasteiger partial charge is 0.384 e. The van der Waals surface area contributed by atoms with Crippen molar-refractivity contribution < 1.29 is 10.2 Å². The highest BCUT2D eigenvalue weighted by Crippen LogP contribution is 2.25. The first-order chi connectivity index (χ1) is 5.84. The van der Waals surface area contributed by atoms with Crippen LogP contribution in [0.4, 0.5) is 0 Å². The van der Waals surface area contributed by atoms with Crippen molar-refractivity contribution in [1.29, 1.82) is 0 Å². The van der Waals surface area contributed by atoms with E-state index in [1.807, 2.05) is 0 Å². The third-order valence-electron chi connectivity index (χ3n) is 2.43. The second-order valence-corrected chi connectivity index (χ2v) is 3.32. The molecule has 1 rings (SSSR count). The van der Waals surface area contributed by atoms with Gasteiger partial charge in [-0.1, -0.05) is 31.1 Å². The summed E-state index contributed by atoms with van der Waals surface area (Å²) in [6.45, 7) is -0.149. The number of aliphatic hydroxyl groups excluding tert-OH is 2. The first kappa shape index (κ1) is 9.57. The molecule has 1 aliphatic rings. The van der Waals surface area contributed by atoms with E-state index in [0.717, 1.165) is 12.8 Å². The van der Waals surface area contributed by atoms with Gasteiger partial charge in [-0.25, -0.2) is 0 Å². The summed E-state index contributed by atoms with van der Waals surface area (Å²) in [5.74, 6) is 5.50. The molecule has 0 bridgehead atoms. The summed E-state index contributed by atoms with van der Waals surface area (Å²) in [5, 5.41) is 17.9.